The zero-order valence-corrected chi connectivity index (χ0v) is 14.2. The van der Waals surface area contributed by atoms with Crippen LogP contribution in [0.2, 0.25) is 5.02 Å². The van der Waals surface area contributed by atoms with Crippen molar-refractivity contribution in [1.82, 2.24) is 15.2 Å². The fourth-order valence-corrected chi connectivity index (χ4v) is 2.65. The first kappa shape index (κ1) is 17.0. The molecule has 0 atom stereocenters. The third kappa shape index (κ3) is 4.35. The molecule has 0 aliphatic rings. The molecule has 0 spiro atoms. The van der Waals surface area contributed by atoms with Gasteiger partial charge in [-0.05, 0) is 30.3 Å². The zero-order valence-electron chi connectivity index (χ0n) is 12.6. The van der Waals surface area contributed by atoms with E-state index in [1.807, 2.05) is 6.07 Å². The van der Waals surface area contributed by atoms with E-state index in [1.165, 1.54) is 6.07 Å². The van der Waals surface area contributed by atoms with Gasteiger partial charge in [0.2, 0.25) is 11.8 Å². The summed E-state index contributed by atoms with van der Waals surface area (Å²) in [6.07, 6.45) is 3.25. The monoisotopic (exact) mass is 371 g/mol. The number of anilines is 1. The van der Waals surface area contributed by atoms with Crippen molar-refractivity contribution in [2.45, 2.75) is 5.22 Å². The molecule has 25 heavy (non-hydrogen) atoms. The van der Waals surface area contributed by atoms with Gasteiger partial charge in [0.25, 0.3) is 5.22 Å². The van der Waals surface area contributed by atoms with Crippen LogP contribution in [0.15, 0.2) is 52.4 Å². The predicted molar refractivity (Wildman–Crippen MR) is 93.0 cm³/mol. The van der Waals surface area contributed by atoms with E-state index in [4.69, 9.17) is 21.3 Å². The lowest BCUT2D eigenvalue weighted by atomic mass is 10.2. The average Bonchev–Trinajstić information content (AvgIpc) is 3.10. The highest BCUT2D eigenvalue weighted by molar-refractivity contribution is 7.99. The van der Waals surface area contributed by atoms with Crippen LogP contribution in [0.5, 0.6) is 0 Å². The average molecular weight is 372 g/mol. The fourth-order valence-electron chi connectivity index (χ4n) is 1.91. The molecule has 0 aliphatic heterocycles. The van der Waals surface area contributed by atoms with Crippen LogP contribution in [-0.2, 0) is 4.79 Å². The summed E-state index contributed by atoms with van der Waals surface area (Å²) in [5.74, 6) is 0.0920. The molecule has 0 aliphatic carbocycles. The SMILES string of the molecule is N#Cc1ccc(Cl)cc1NC(=O)CSc1nnc(-c2ccncc2)o1. The summed E-state index contributed by atoms with van der Waals surface area (Å²) < 4.78 is 5.49. The summed E-state index contributed by atoms with van der Waals surface area (Å²) >= 11 is 6.98. The van der Waals surface area contributed by atoms with E-state index in [9.17, 15) is 4.79 Å². The number of hydrogen-bond acceptors (Lipinski definition) is 7. The number of thioether (sulfide) groups is 1. The van der Waals surface area contributed by atoms with E-state index in [1.54, 1.807) is 36.7 Å². The highest BCUT2D eigenvalue weighted by atomic mass is 35.5. The minimum atomic E-state index is -0.313. The molecule has 124 valence electrons. The molecule has 3 rings (SSSR count). The van der Waals surface area contributed by atoms with Gasteiger partial charge in [-0.1, -0.05) is 23.4 Å². The number of hydrogen-bond donors (Lipinski definition) is 1. The number of halogens is 1. The van der Waals surface area contributed by atoms with Crippen molar-refractivity contribution in [3.8, 4) is 17.5 Å². The topological polar surface area (TPSA) is 105 Å². The van der Waals surface area contributed by atoms with Gasteiger partial charge in [-0.15, -0.1) is 10.2 Å². The second kappa shape index (κ2) is 7.79. The van der Waals surface area contributed by atoms with Gasteiger partial charge in [0, 0.05) is 23.0 Å². The first-order valence-electron chi connectivity index (χ1n) is 7.02. The van der Waals surface area contributed by atoms with Crippen molar-refractivity contribution in [1.29, 1.82) is 5.26 Å². The van der Waals surface area contributed by atoms with Crippen molar-refractivity contribution < 1.29 is 9.21 Å². The largest absolute Gasteiger partial charge is 0.411 e. The summed E-state index contributed by atoms with van der Waals surface area (Å²) in [5, 5.41) is 20.2. The summed E-state index contributed by atoms with van der Waals surface area (Å²) in [6, 6.07) is 10.1. The fraction of sp³-hybridized carbons (Fsp3) is 0.0625. The Kier molecular flexibility index (Phi) is 5.28. The molecule has 9 heteroatoms. The Balaban J connectivity index is 1.61. The second-order valence-corrected chi connectivity index (χ2v) is 6.11. The smallest absolute Gasteiger partial charge is 0.277 e. The van der Waals surface area contributed by atoms with E-state index in [2.05, 4.69) is 20.5 Å². The summed E-state index contributed by atoms with van der Waals surface area (Å²) in [6.45, 7) is 0. The number of carbonyl (C=O) groups is 1. The number of aromatic nitrogens is 3. The summed E-state index contributed by atoms with van der Waals surface area (Å²) in [5.41, 5.74) is 1.44. The van der Waals surface area contributed by atoms with Crippen LogP contribution in [0, 0.1) is 11.3 Å². The Bertz CT molecular complexity index is 939. The van der Waals surface area contributed by atoms with E-state index < -0.39 is 0 Å². The minimum Gasteiger partial charge on any atom is -0.411 e. The van der Waals surface area contributed by atoms with Gasteiger partial charge in [0.05, 0.1) is 17.0 Å². The van der Waals surface area contributed by atoms with Gasteiger partial charge in [-0.2, -0.15) is 5.26 Å². The van der Waals surface area contributed by atoms with Gasteiger partial charge in [0.15, 0.2) is 0 Å². The molecule has 1 N–H and O–H groups in total. The molecule has 0 radical (unpaired) electrons. The molecule has 2 heterocycles. The van der Waals surface area contributed by atoms with Crippen LogP contribution < -0.4 is 5.32 Å². The Labute approximate surface area is 152 Å². The Morgan fingerprint density at radius 1 is 1.28 bits per heavy atom. The van der Waals surface area contributed by atoms with Crippen molar-refractivity contribution >= 4 is 35.0 Å². The van der Waals surface area contributed by atoms with Gasteiger partial charge >= 0.3 is 0 Å². The number of nitrogens with one attached hydrogen (secondary N) is 1. The highest BCUT2D eigenvalue weighted by Crippen LogP contribution is 2.24. The lowest BCUT2D eigenvalue weighted by molar-refractivity contribution is -0.113. The van der Waals surface area contributed by atoms with Gasteiger partial charge in [-0.3, -0.25) is 9.78 Å². The summed E-state index contributed by atoms with van der Waals surface area (Å²) in [7, 11) is 0. The Morgan fingerprint density at radius 2 is 2.08 bits per heavy atom. The molecule has 3 aromatic rings. The molecule has 1 amide bonds. The maximum Gasteiger partial charge on any atom is 0.277 e. The third-order valence-corrected chi connectivity index (χ3v) is 4.09. The minimum absolute atomic E-state index is 0.0510. The molecule has 7 nitrogen and oxygen atoms in total. The number of amides is 1. The maximum atomic E-state index is 12.1. The normalized spacial score (nSPS) is 10.2. The lowest BCUT2D eigenvalue weighted by Gasteiger charge is -2.06. The van der Waals surface area contributed by atoms with Gasteiger partial charge in [0.1, 0.15) is 6.07 Å². The Hall–Kier alpha value is -2.89. The second-order valence-electron chi connectivity index (χ2n) is 4.75. The van der Waals surface area contributed by atoms with Crippen LogP contribution in [0.4, 0.5) is 5.69 Å². The molecule has 2 aromatic heterocycles. The van der Waals surface area contributed by atoms with Gasteiger partial charge in [-0.25, -0.2) is 0 Å². The van der Waals surface area contributed by atoms with Crippen LogP contribution >= 0.6 is 23.4 Å². The number of pyridine rings is 1. The molecular formula is C16H10ClN5O2S. The standard InChI is InChI=1S/C16H10ClN5O2S/c17-12-2-1-11(8-18)13(7-12)20-14(23)9-25-16-22-21-15(24-16)10-3-5-19-6-4-10/h1-7H,9H2,(H,20,23). The zero-order chi connectivity index (χ0) is 17.6. The predicted octanol–water partition coefficient (Wildman–Crippen LogP) is 3.39. The highest BCUT2D eigenvalue weighted by Gasteiger charge is 2.12. The van der Waals surface area contributed by atoms with E-state index in [-0.39, 0.29) is 16.9 Å². The van der Waals surface area contributed by atoms with Crippen molar-refractivity contribution in [2.75, 3.05) is 11.1 Å². The van der Waals surface area contributed by atoms with E-state index >= 15 is 0 Å². The first-order valence-corrected chi connectivity index (χ1v) is 8.38. The van der Waals surface area contributed by atoms with Crippen molar-refractivity contribution in [3.05, 3.63) is 53.3 Å². The Morgan fingerprint density at radius 3 is 2.84 bits per heavy atom. The first-order chi connectivity index (χ1) is 12.2. The number of nitriles is 1. The van der Waals surface area contributed by atoms with Gasteiger partial charge < -0.3 is 9.73 Å². The van der Waals surface area contributed by atoms with E-state index in [0.29, 0.717) is 22.2 Å². The maximum absolute atomic E-state index is 12.1. The van der Waals surface area contributed by atoms with Crippen LogP contribution in [0.1, 0.15) is 5.56 Å². The molecule has 0 saturated heterocycles. The van der Waals surface area contributed by atoms with Crippen molar-refractivity contribution in [2.24, 2.45) is 0 Å². The van der Waals surface area contributed by atoms with Crippen molar-refractivity contribution in [3.63, 3.8) is 0 Å². The number of rotatable bonds is 5. The molecule has 0 fully saturated rings. The summed E-state index contributed by atoms with van der Waals surface area (Å²) in [4.78, 5) is 16.0. The number of carbonyl (C=O) groups excluding carboxylic acids is 1. The lowest BCUT2D eigenvalue weighted by Crippen LogP contribution is -2.15. The van der Waals surface area contributed by atoms with Crippen LogP contribution in [-0.4, -0.2) is 26.8 Å². The van der Waals surface area contributed by atoms with E-state index in [0.717, 1.165) is 17.3 Å². The molecular weight excluding hydrogens is 362 g/mol. The van der Waals surface area contributed by atoms with Crippen LogP contribution in [0.3, 0.4) is 0 Å². The quantitative estimate of drug-likeness (QED) is 0.685. The molecule has 0 unspecified atom stereocenters. The van der Waals surface area contributed by atoms with Crippen LogP contribution in [0.25, 0.3) is 11.5 Å². The third-order valence-electron chi connectivity index (χ3n) is 3.04. The molecule has 0 bridgehead atoms. The number of benzene rings is 1. The molecule has 1 aromatic carbocycles. The molecule has 0 saturated carbocycles. The number of nitrogens with zero attached hydrogens (tertiary/aromatic N) is 4.